The zero-order chi connectivity index (χ0) is 13.2. The number of halogens is 1. The van der Waals surface area contributed by atoms with E-state index in [0.29, 0.717) is 18.8 Å². The van der Waals surface area contributed by atoms with Gasteiger partial charge < -0.3 is 10.0 Å². The van der Waals surface area contributed by atoms with Crippen LogP contribution in [-0.2, 0) is 0 Å². The lowest BCUT2D eigenvalue weighted by atomic mass is 10.1. The predicted molar refractivity (Wildman–Crippen MR) is 71.6 cm³/mol. The molecule has 1 aromatic rings. The number of anilines is 1. The van der Waals surface area contributed by atoms with E-state index in [0.717, 1.165) is 13.1 Å². The molecule has 0 aromatic carbocycles. The van der Waals surface area contributed by atoms with Crippen LogP contribution in [0, 0.1) is 5.82 Å². The molecule has 5 heteroatoms. The molecule has 3 rings (SSSR count). The number of hydrogen-bond donors (Lipinski definition) is 1. The first-order chi connectivity index (χ1) is 9.25. The van der Waals surface area contributed by atoms with Crippen molar-refractivity contribution in [2.45, 2.75) is 31.4 Å². The predicted octanol–water partition coefficient (Wildman–Crippen LogP) is 1.26. The molecule has 3 heterocycles. The molecule has 2 aliphatic rings. The Balaban J connectivity index is 1.72. The number of piperidine rings is 1. The van der Waals surface area contributed by atoms with E-state index in [1.54, 1.807) is 12.3 Å². The van der Waals surface area contributed by atoms with Gasteiger partial charge in [-0.05, 0) is 32.0 Å². The minimum absolute atomic E-state index is 0.132. The van der Waals surface area contributed by atoms with Crippen molar-refractivity contribution in [3.05, 3.63) is 24.3 Å². The summed E-state index contributed by atoms with van der Waals surface area (Å²) in [6, 6.07) is 1.81. The van der Waals surface area contributed by atoms with Crippen molar-refractivity contribution in [3.63, 3.8) is 0 Å². The number of aliphatic hydroxyl groups excluding tert-OH is 1. The van der Waals surface area contributed by atoms with Crippen molar-refractivity contribution < 1.29 is 9.50 Å². The maximum Gasteiger partial charge on any atom is 0.164 e. The summed E-state index contributed by atoms with van der Waals surface area (Å²) in [5.74, 6) is -0.311. The monoisotopic (exact) mass is 265 g/mol. The number of rotatable bonds is 2. The van der Waals surface area contributed by atoms with E-state index in [4.69, 9.17) is 0 Å². The van der Waals surface area contributed by atoms with Gasteiger partial charge in [0.15, 0.2) is 5.82 Å². The molecule has 0 bridgehead atoms. The summed E-state index contributed by atoms with van der Waals surface area (Å²) >= 11 is 0. The van der Waals surface area contributed by atoms with Crippen molar-refractivity contribution in [2.24, 2.45) is 0 Å². The zero-order valence-electron chi connectivity index (χ0n) is 11.0. The quantitative estimate of drug-likeness (QED) is 0.874. The van der Waals surface area contributed by atoms with Crippen LogP contribution in [0.2, 0.25) is 0 Å². The highest BCUT2D eigenvalue weighted by Crippen LogP contribution is 2.26. The van der Waals surface area contributed by atoms with E-state index in [9.17, 15) is 9.50 Å². The van der Waals surface area contributed by atoms with E-state index in [1.807, 2.05) is 4.90 Å². The fraction of sp³-hybridized carbons (Fsp3) is 0.643. The molecule has 19 heavy (non-hydrogen) atoms. The minimum atomic E-state index is -0.398. The van der Waals surface area contributed by atoms with E-state index < -0.39 is 6.10 Å². The van der Waals surface area contributed by atoms with Crippen LogP contribution in [0.4, 0.5) is 10.1 Å². The van der Waals surface area contributed by atoms with Gasteiger partial charge in [-0.1, -0.05) is 6.42 Å². The molecule has 0 saturated carbocycles. The lowest BCUT2D eigenvalue weighted by Crippen LogP contribution is -2.45. The summed E-state index contributed by atoms with van der Waals surface area (Å²) < 4.78 is 13.7. The normalized spacial score (nSPS) is 28.8. The summed E-state index contributed by atoms with van der Waals surface area (Å²) in [5, 5.41) is 10.2. The average molecular weight is 265 g/mol. The maximum atomic E-state index is 13.7. The lowest BCUT2D eigenvalue weighted by Gasteiger charge is -2.33. The molecule has 4 nitrogen and oxygen atoms in total. The van der Waals surface area contributed by atoms with E-state index in [2.05, 4.69) is 9.88 Å². The molecule has 104 valence electrons. The van der Waals surface area contributed by atoms with Gasteiger partial charge in [0.2, 0.25) is 0 Å². The second-order valence-corrected chi connectivity index (χ2v) is 5.46. The highest BCUT2D eigenvalue weighted by atomic mass is 19.1. The Morgan fingerprint density at radius 2 is 2.00 bits per heavy atom. The number of hydrogen-bond acceptors (Lipinski definition) is 4. The number of likely N-dealkylation sites (tertiary alicyclic amines) is 1. The smallest absolute Gasteiger partial charge is 0.164 e. The van der Waals surface area contributed by atoms with Crippen LogP contribution < -0.4 is 4.90 Å². The second-order valence-electron chi connectivity index (χ2n) is 5.46. The standard InChI is InChI=1S/C14H20FN3O/c15-11-8-16-5-4-12(11)18-9-13(14(19)10-18)17-6-2-1-3-7-17/h4-5,8,13-14,19H,1-3,6-7,9-10H2/t13-,14-/m0/s1. The molecule has 0 aliphatic carbocycles. The fourth-order valence-electron chi connectivity index (χ4n) is 3.20. The summed E-state index contributed by atoms with van der Waals surface area (Å²) in [7, 11) is 0. The maximum absolute atomic E-state index is 13.7. The average Bonchev–Trinajstić information content (AvgIpc) is 2.82. The van der Waals surface area contributed by atoms with Crippen LogP contribution >= 0.6 is 0 Å². The molecular weight excluding hydrogens is 245 g/mol. The van der Waals surface area contributed by atoms with E-state index >= 15 is 0 Å². The van der Waals surface area contributed by atoms with Gasteiger partial charge >= 0.3 is 0 Å². The molecule has 2 saturated heterocycles. The second kappa shape index (κ2) is 5.43. The number of aromatic nitrogens is 1. The Morgan fingerprint density at radius 1 is 1.21 bits per heavy atom. The van der Waals surface area contributed by atoms with Crippen LogP contribution in [0.3, 0.4) is 0 Å². The first-order valence-corrected chi connectivity index (χ1v) is 7.02. The van der Waals surface area contributed by atoms with E-state index in [1.165, 1.54) is 25.5 Å². The molecule has 2 aliphatic heterocycles. The van der Waals surface area contributed by atoms with Crippen molar-refractivity contribution in [2.75, 3.05) is 31.1 Å². The van der Waals surface area contributed by atoms with Crippen LogP contribution in [0.25, 0.3) is 0 Å². The molecule has 0 amide bonds. The van der Waals surface area contributed by atoms with Gasteiger partial charge in [0, 0.05) is 19.3 Å². The van der Waals surface area contributed by atoms with Crippen molar-refractivity contribution in [3.8, 4) is 0 Å². The Morgan fingerprint density at radius 3 is 2.74 bits per heavy atom. The van der Waals surface area contributed by atoms with Gasteiger partial charge in [-0.2, -0.15) is 0 Å². The summed E-state index contributed by atoms with van der Waals surface area (Å²) in [5.41, 5.74) is 0.550. The Hall–Kier alpha value is -1.20. The van der Waals surface area contributed by atoms with Gasteiger partial charge in [-0.15, -0.1) is 0 Å². The van der Waals surface area contributed by atoms with Crippen molar-refractivity contribution in [1.29, 1.82) is 0 Å². The SMILES string of the molecule is O[C@H]1CN(c2ccncc2F)C[C@@H]1N1CCCCC1. The largest absolute Gasteiger partial charge is 0.390 e. The Kier molecular flexibility index (Phi) is 3.66. The summed E-state index contributed by atoms with van der Waals surface area (Å²) in [6.45, 7) is 3.30. The highest BCUT2D eigenvalue weighted by molar-refractivity contribution is 5.48. The number of pyridine rings is 1. The minimum Gasteiger partial charge on any atom is -0.390 e. The van der Waals surface area contributed by atoms with Gasteiger partial charge in [0.1, 0.15) is 0 Å². The lowest BCUT2D eigenvalue weighted by molar-refractivity contribution is 0.0706. The molecule has 0 unspecified atom stereocenters. The van der Waals surface area contributed by atoms with Gasteiger partial charge in [0.25, 0.3) is 0 Å². The van der Waals surface area contributed by atoms with Crippen LogP contribution in [0.15, 0.2) is 18.5 Å². The van der Waals surface area contributed by atoms with Gasteiger partial charge in [0.05, 0.1) is 24.0 Å². The summed E-state index contributed by atoms with van der Waals surface area (Å²) in [6.07, 6.45) is 6.11. The van der Waals surface area contributed by atoms with Crippen LogP contribution in [-0.4, -0.2) is 53.3 Å². The Bertz CT molecular complexity index is 436. The third-order valence-corrected chi connectivity index (χ3v) is 4.21. The highest BCUT2D eigenvalue weighted by Gasteiger charge is 2.36. The summed E-state index contributed by atoms with van der Waals surface area (Å²) in [4.78, 5) is 8.06. The molecule has 0 radical (unpaired) electrons. The van der Waals surface area contributed by atoms with E-state index in [-0.39, 0.29) is 11.9 Å². The van der Waals surface area contributed by atoms with Crippen molar-refractivity contribution >= 4 is 5.69 Å². The third-order valence-electron chi connectivity index (χ3n) is 4.21. The van der Waals surface area contributed by atoms with Crippen LogP contribution in [0.5, 0.6) is 0 Å². The third kappa shape index (κ3) is 2.58. The molecular formula is C14H20FN3O. The first kappa shape index (κ1) is 12.8. The van der Waals surface area contributed by atoms with Gasteiger partial charge in [-0.25, -0.2) is 4.39 Å². The number of β-amino-alcohol motifs (C(OH)–C–C–N with tert-alkyl or cyclic N) is 1. The number of nitrogens with zero attached hydrogens (tertiary/aromatic N) is 3. The fourth-order valence-corrected chi connectivity index (χ4v) is 3.20. The van der Waals surface area contributed by atoms with Crippen LogP contribution in [0.1, 0.15) is 19.3 Å². The zero-order valence-corrected chi connectivity index (χ0v) is 11.0. The molecule has 2 fully saturated rings. The molecule has 0 spiro atoms. The first-order valence-electron chi connectivity index (χ1n) is 7.02. The topological polar surface area (TPSA) is 39.6 Å². The number of aliphatic hydroxyl groups is 1. The molecule has 1 aromatic heterocycles. The Labute approximate surface area is 112 Å². The molecule has 1 N–H and O–H groups in total. The molecule has 2 atom stereocenters. The van der Waals surface area contributed by atoms with Crippen molar-refractivity contribution in [1.82, 2.24) is 9.88 Å². The van der Waals surface area contributed by atoms with Gasteiger partial charge in [-0.3, -0.25) is 9.88 Å².